The van der Waals surface area contributed by atoms with E-state index in [-0.39, 0.29) is 0 Å². The molecule has 25 heavy (non-hydrogen) atoms. The predicted octanol–water partition coefficient (Wildman–Crippen LogP) is 4.46. The molecule has 0 saturated heterocycles. The van der Waals surface area contributed by atoms with Crippen LogP contribution in [0.4, 0.5) is 5.82 Å². The highest BCUT2D eigenvalue weighted by Crippen LogP contribution is 2.15. The average Bonchev–Trinajstić information content (AvgIpc) is 2.65. The summed E-state index contributed by atoms with van der Waals surface area (Å²) in [4.78, 5) is 4.25. The zero-order chi connectivity index (χ0) is 17.3. The number of benzene rings is 2. The molecule has 0 aliphatic carbocycles. The quantitative estimate of drug-likeness (QED) is 0.618. The second-order valence-electron chi connectivity index (χ2n) is 5.73. The number of aromatic nitrogens is 1. The van der Waals surface area contributed by atoms with Crippen LogP contribution in [-0.4, -0.2) is 18.2 Å². The number of nitrogens with zero attached hydrogens (tertiary/aromatic N) is 1. The third-order valence-corrected chi connectivity index (χ3v) is 3.65. The largest absolute Gasteiger partial charge is 0.490 e. The summed E-state index contributed by atoms with van der Waals surface area (Å²) in [5, 5.41) is 3.29. The molecule has 1 N–H and O–H groups in total. The monoisotopic (exact) mass is 334 g/mol. The first-order chi connectivity index (χ1) is 12.3. The summed E-state index contributed by atoms with van der Waals surface area (Å²) < 4.78 is 11.5. The van der Waals surface area contributed by atoms with Crippen molar-refractivity contribution < 1.29 is 9.47 Å². The summed E-state index contributed by atoms with van der Waals surface area (Å²) in [5.41, 5.74) is 2.33. The summed E-state index contributed by atoms with van der Waals surface area (Å²) >= 11 is 0. The van der Waals surface area contributed by atoms with Crippen LogP contribution in [0, 0.1) is 6.92 Å². The smallest absolute Gasteiger partial charge is 0.126 e. The van der Waals surface area contributed by atoms with Crippen LogP contribution in [0.2, 0.25) is 0 Å². The summed E-state index contributed by atoms with van der Waals surface area (Å²) in [7, 11) is 0. The lowest BCUT2D eigenvalue weighted by Crippen LogP contribution is -2.09. The Morgan fingerprint density at radius 1 is 0.840 bits per heavy atom. The molecule has 0 bridgehead atoms. The molecule has 4 nitrogen and oxygen atoms in total. The molecule has 0 amide bonds. The van der Waals surface area contributed by atoms with Gasteiger partial charge in [-0.1, -0.05) is 30.3 Å². The molecule has 0 aliphatic rings. The minimum Gasteiger partial charge on any atom is -0.490 e. The number of rotatable bonds is 8. The number of nitrogens with one attached hydrogen (secondary N) is 1. The maximum absolute atomic E-state index is 5.78. The lowest BCUT2D eigenvalue weighted by atomic mass is 10.2. The first-order valence-corrected chi connectivity index (χ1v) is 8.36. The summed E-state index contributed by atoms with van der Waals surface area (Å²) in [6.07, 6.45) is 1.77. The van der Waals surface area contributed by atoms with Gasteiger partial charge in [0.1, 0.15) is 30.5 Å². The zero-order valence-electron chi connectivity index (χ0n) is 14.3. The van der Waals surface area contributed by atoms with E-state index in [9.17, 15) is 0 Å². The van der Waals surface area contributed by atoms with Gasteiger partial charge in [-0.2, -0.15) is 0 Å². The van der Waals surface area contributed by atoms with Crippen LogP contribution in [0.15, 0.2) is 72.9 Å². The molecule has 4 heteroatoms. The molecule has 0 saturated carbocycles. The molecule has 2 aromatic carbocycles. The van der Waals surface area contributed by atoms with E-state index in [4.69, 9.17) is 9.47 Å². The van der Waals surface area contributed by atoms with Gasteiger partial charge in [-0.15, -0.1) is 0 Å². The van der Waals surface area contributed by atoms with Gasteiger partial charge in [-0.3, -0.25) is 0 Å². The highest BCUT2D eigenvalue weighted by Gasteiger charge is 1.99. The highest BCUT2D eigenvalue weighted by molar-refractivity contribution is 5.36. The van der Waals surface area contributed by atoms with Crippen molar-refractivity contribution in [3.05, 3.63) is 84.1 Å². The molecule has 1 aromatic heterocycles. The van der Waals surface area contributed by atoms with Crippen molar-refractivity contribution >= 4 is 5.82 Å². The Morgan fingerprint density at radius 2 is 1.60 bits per heavy atom. The van der Waals surface area contributed by atoms with Crippen molar-refractivity contribution in [2.24, 2.45) is 0 Å². The van der Waals surface area contributed by atoms with Gasteiger partial charge in [0.25, 0.3) is 0 Å². The SMILES string of the molecule is Cc1cccc(OCCOc2cccc(CNc3ccccn3)c2)c1. The Labute approximate surface area is 148 Å². The highest BCUT2D eigenvalue weighted by atomic mass is 16.5. The van der Waals surface area contributed by atoms with E-state index in [0.29, 0.717) is 19.8 Å². The van der Waals surface area contributed by atoms with Crippen molar-refractivity contribution in [3.8, 4) is 11.5 Å². The first-order valence-electron chi connectivity index (χ1n) is 8.36. The minimum atomic E-state index is 0.505. The van der Waals surface area contributed by atoms with Crippen molar-refractivity contribution in [2.45, 2.75) is 13.5 Å². The first kappa shape index (κ1) is 16.8. The number of aryl methyl sites for hydroxylation is 1. The number of hydrogen-bond donors (Lipinski definition) is 1. The maximum atomic E-state index is 5.78. The second-order valence-corrected chi connectivity index (χ2v) is 5.73. The standard InChI is InChI=1S/C21H22N2O2/c1-17-6-4-8-19(14-17)24-12-13-25-20-9-5-7-18(15-20)16-23-21-10-2-3-11-22-21/h2-11,14-15H,12-13,16H2,1H3,(H,22,23). The van der Waals surface area contributed by atoms with Crippen LogP contribution in [0.3, 0.4) is 0 Å². The Balaban J connectivity index is 1.45. The normalized spacial score (nSPS) is 10.3. The molecule has 0 spiro atoms. The number of hydrogen-bond acceptors (Lipinski definition) is 4. The van der Waals surface area contributed by atoms with Gasteiger partial charge in [0.05, 0.1) is 0 Å². The molecular weight excluding hydrogens is 312 g/mol. The van der Waals surface area contributed by atoms with Crippen LogP contribution in [0.25, 0.3) is 0 Å². The van der Waals surface area contributed by atoms with Gasteiger partial charge >= 0.3 is 0 Å². The van der Waals surface area contributed by atoms with E-state index in [0.717, 1.165) is 22.9 Å². The number of anilines is 1. The topological polar surface area (TPSA) is 43.4 Å². The van der Waals surface area contributed by atoms with E-state index in [1.165, 1.54) is 5.56 Å². The van der Waals surface area contributed by atoms with E-state index in [1.54, 1.807) is 6.20 Å². The van der Waals surface area contributed by atoms with Crippen molar-refractivity contribution in [1.29, 1.82) is 0 Å². The Bertz CT molecular complexity index is 791. The molecule has 0 radical (unpaired) electrons. The van der Waals surface area contributed by atoms with Crippen LogP contribution >= 0.6 is 0 Å². The lowest BCUT2D eigenvalue weighted by Gasteiger charge is -2.10. The van der Waals surface area contributed by atoms with Crippen LogP contribution in [-0.2, 0) is 6.54 Å². The van der Waals surface area contributed by atoms with Crippen molar-refractivity contribution in [3.63, 3.8) is 0 Å². The number of ether oxygens (including phenoxy) is 2. The molecule has 1 heterocycles. The van der Waals surface area contributed by atoms with E-state index >= 15 is 0 Å². The fourth-order valence-corrected chi connectivity index (χ4v) is 2.43. The van der Waals surface area contributed by atoms with E-state index < -0.39 is 0 Å². The fraction of sp³-hybridized carbons (Fsp3) is 0.190. The molecule has 0 unspecified atom stereocenters. The van der Waals surface area contributed by atoms with Gasteiger partial charge in [0.15, 0.2) is 0 Å². The average molecular weight is 334 g/mol. The third kappa shape index (κ3) is 5.53. The van der Waals surface area contributed by atoms with E-state index in [1.807, 2.05) is 67.6 Å². The Morgan fingerprint density at radius 3 is 2.32 bits per heavy atom. The van der Waals surface area contributed by atoms with Crippen molar-refractivity contribution in [1.82, 2.24) is 4.98 Å². The van der Waals surface area contributed by atoms with Crippen LogP contribution in [0.5, 0.6) is 11.5 Å². The summed E-state index contributed by atoms with van der Waals surface area (Å²) in [6, 6.07) is 21.9. The molecule has 128 valence electrons. The predicted molar refractivity (Wildman–Crippen MR) is 100 cm³/mol. The van der Waals surface area contributed by atoms with Crippen LogP contribution < -0.4 is 14.8 Å². The molecule has 3 rings (SSSR count). The Hall–Kier alpha value is -3.01. The Kier molecular flexibility index (Phi) is 5.88. The molecule has 0 fully saturated rings. The third-order valence-electron chi connectivity index (χ3n) is 3.65. The lowest BCUT2D eigenvalue weighted by molar-refractivity contribution is 0.217. The van der Waals surface area contributed by atoms with Crippen LogP contribution in [0.1, 0.15) is 11.1 Å². The van der Waals surface area contributed by atoms with Crippen molar-refractivity contribution in [2.75, 3.05) is 18.5 Å². The minimum absolute atomic E-state index is 0.505. The molecule has 3 aromatic rings. The molecule has 0 atom stereocenters. The molecule has 0 aliphatic heterocycles. The number of pyridine rings is 1. The maximum Gasteiger partial charge on any atom is 0.126 e. The summed E-state index contributed by atoms with van der Waals surface area (Å²) in [6.45, 7) is 3.77. The fourth-order valence-electron chi connectivity index (χ4n) is 2.43. The van der Waals surface area contributed by atoms with E-state index in [2.05, 4.69) is 16.4 Å². The second kappa shape index (κ2) is 8.73. The van der Waals surface area contributed by atoms with Gasteiger partial charge in [-0.25, -0.2) is 4.98 Å². The van der Waals surface area contributed by atoms with Gasteiger partial charge in [0, 0.05) is 12.7 Å². The summed E-state index contributed by atoms with van der Waals surface area (Å²) in [5.74, 6) is 2.57. The zero-order valence-corrected chi connectivity index (χ0v) is 14.3. The van der Waals surface area contributed by atoms with Gasteiger partial charge < -0.3 is 14.8 Å². The van der Waals surface area contributed by atoms with Gasteiger partial charge in [-0.05, 0) is 54.4 Å². The molecular formula is C21H22N2O2. The van der Waals surface area contributed by atoms with Gasteiger partial charge in [0.2, 0.25) is 0 Å².